The lowest BCUT2D eigenvalue weighted by molar-refractivity contribution is -0.179. The molecule has 4 heteroatoms. The zero-order chi connectivity index (χ0) is 13.6. The number of methoxy groups -OCH3 is 1. The van der Waals surface area contributed by atoms with Crippen LogP contribution in [0.2, 0.25) is 0 Å². The first kappa shape index (κ1) is 14.5. The number of aliphatic hydroxyl groups excluding tert-OH is 1. The highest BCUT2D eigenvalue weighted by atomic mass is 16.7. The SMILES string of the molecule is CO[C@H]1CC[C@](CCO)(COCc2ccccc2)O1. The molecule has 1 N–H and O–H groups in total. The van der Waals surface area contributed by atoms with E-state index >= 15 is 0 Å². The van der Waals surface area contributed by atoms with Gasteiger partial charge in [0.25, 0.3) is 0 Å². The van der Waals surface area contributed by atoms with Gasteiger partial charge in [0.15, 0.2) is 6.29 Å². The van der Waals surface area contributed by atoms with E-state index in [1.54, 1.807) is 7.11 Å². The second-order valence-electron chi connectivity index (χ2n) is 4.96. The van der Waals surface area contributed by atoms with Gasteiger partial charge in [0, 0.05) is 26.6 Å². The summed E-state index contributed by atoms with van der Waals surface area (Å²) in [4.78, 5) is 0. The predicted molar refractivity (Wildman–Crippen MR) is 71.6 cm³/mol. The number of rotatable bonds is 7. The van der Waals surface area contributed by atoms with E-state index in [0.717, 1.165) is 18.4 Å². The van der Waals surface area contributed by atoms with Gasteiger partial charge in [0.05, 0.1) is 18.8 Å². The molecule has 1 aliphatic rings. The number of aliphatic hydroxyl groups is 1. The maximum atomic E-state index is 9.19. The third kappa shape index (κ3) is 4.01. The highest BCUT2D eigenvalue weighted by Crippen LogP contribution is 2.34. The lowest BCUT2D eigenvalue weighted by Gasteiger charge is -2.28. The van der Waals surface area contributed by atoms with Gasteiger partial charge in [-0.05, 0) is 12.0 Å². The van der Waals surface area contributed by atoms with Gasteiger partial charge in [-0.25, -0.2) is 0 Å². The topological polar surface area (TPSA) is 47.9 Å². The standard InChI is InChI=1S/C15H22O4/c1-17-14-7-8-15(19-14,9-10-16)12-18-11-13-5-3-2-4-6-13/h2-6,14,16H,7-12H2,1H3/t14-,15+/m1/s1. The van der Waals surface area contributed by atoms with Crippen molar-refractivity contribution < 1.29 is 19.3 Å². The second-order valence-corrected chi connectivity index (χ2v) is 4.96. The fourth-order valence-electron chi connectivity index (χ4n) is 2.44. The van der Waals surface area contributed by atoms with Crippen LogP contribution in [-0.2, 0) is 20.8 Å². The van der Waals surface area contributed by atoms with Crippen molar-refractivity contribution in [1.82, 2.24) is 0 Å². The molecule has 0 unspecified atom stereocenters. The van der Waals surface area contributed by atoms with Gasteiger partial charge < -0.3 is 19.3 Å². The van der Waals surface area contributed by atoms with E-state index in [1.165, 1.54) is 0 Å². The van der Waals surface area contributed by atoms with E-state index in [0.29, 0.717) is 19.6 Å². The van der Waals surface area contributed by atoms with Crippen molar-refractivity contribution in [3.63, 3.8) is 0 Å². The summed E-state index contributed by atoms with van der Waals surface area (Å²) in [6, 6.07) is 10.0. The third-order valence-electron chi connectivity index (χ3n) is 3.52. The van der Waals surface area contributed by atoms with E-state index in [9.17, 15) is 5.11 Å². The van der Waals surface area contributed by atoms with Gasteiger partial charge >= 0.3 is 0 Å². The Morgan fingerprint density at radius 3 is 2.79 bits per heavy atom. The van der Waals surface area contributed by atoms with Gasteiger partial charge in [-0.2, -0.15) is 0 Å². The first-order valence-electron chi connectivity index (χ1n) is 6.71. The quantitative estimate of drug-likeness (QED) is 0.821. The molecule has 0 amide bonds. The van der Waals surface area contributed by atoms with Crippen molar-refractivity contribution in [2.75, 3.05) is 20.3 Å². The molecular formula is C15H22O4. The average molecular weight is 266 g/mol. The molecular weight excluding hydrogens is 244 g/mol. The van der Waals surface area contributed by atoms with Crippen LogP contribution in [0.15, 0.2) is 30.3 Å². The number of hydrogen-bond acceptors (Lipinski definition) is 4. The summed E-state index contributed by atoms with van der Waals surface area (Å²) in [5.41, 5.74) is 0.743. The van der Waals surface area contributed by atoms with Crippen molar-refractivity contribution in [1.29, 1.82) is 0 Å². The van der Waals surface area contributed by atoms with E-state index in [4.69, 9.17) is 14.2 Å². The van der Waals surface area contributed by atoms with Crippen LogP contribution in [-0.4, -0.2) is 37.3 Å². The molecule has 1 heterocycles. The highest BCUT2D eigenvalue weighted by Gasteiger charge is 2.40. The minimum atomic E-state index is -0.399. The van der Waals surface area contributed by atoms with Gasteiger partial charge in [0.1, 0.15) is 0 Å². The largest absolute Gasteiger partial charge is 0.396 e. The maximum absolute atomic E-state index is 9.19. The zero-order valence-electron chi connectivity index (χ0n) is 11.4. The van der Waals surface area contributed by atoms with Gasteiger partial charge in [-0.1, -0.05) is 30.3 Å². The number of hydrogen-bond donors (Lipinski definition) is 1. The molecule has 0 aliphatic carbocycles. The minimum Gasteiger partial charge on any atom is -0.396 e. The lowest BCUT2D eigenvalue weighted by atomic mass is 9.97. The Hall–Kier alpha value is -0.940. The normalized spacial score (nSPS) is 26.7. The molecule has 1 aromatic rings. The molecule has 19 heavy (non-hydrogen) atoms. The summed E-state index contributed by atoms with van der Waals surface area (Å²) in [7, 11) is 1.64. The summed E-state index contributed by atoms with van der Waals surface area (Å²) in [5.74, 6) is 0. The molecule has 0 bridgehead atoms. The fourth-order valence-corrected chi connectivity index (χ4v) is 2.44. The molecule has 1 aromatic carbocycles. The Labute approximate surface area is 114 Å². The fraction of sp³-hybridized carbons (Fsp3) is 0.600. The molecule has 2 atom stereocenters. The maximum Gasteiger partial charge on any atom is 0.158 e. The number of benzene rings is 1. The molecule has 0 aromatic heterocycles. The molecule has 1 fully saturated rings. The smallest absolute Gasteiger partial charge is 0.158 e. The van der Waals surface area contributed by atoms with Gasteiger partial charge in [-0.15, -0.1) is 0 Å². The van der Waals surface area contributed by atoms with Crippen LogP contribution in [0.3, 0.4) is 0 Å². The predicted octanol–water partition coefficient (Wildman–Crippen LogP) is 2.11. The van der Waals surface area contributed by atoms with Crippen molar-refractivity contribution in [2.24, 2.45) is 0 Å². The molecule has 2 rings (SSSR count). The van der Waals surface area contributed by atoms with Crippen molar-refractivity contribution in [3.8, 4) is 0 Å². The average Bonchev–Trinajstić information content (AvgIpc) is 2.84. The van der Waals surface area contributed by atoms with E-state index in [-0.39, 0.29) is 12.9 Å². The summed E-state index contributed by atoms with van der Waals surface area (Å²) in [5, 5.41) is 9.19. The molecule has 0 radical (unpaired) electrons. The van der Waals surface area contributed by atoms with Crippen LogP contribution in [0.1, 0.15) is 24.8 Å². The van der Waals surface area contributed by atoms with E-state index in [2.05, 4.69) is 0 Å². The highest BCUT2D eigenvalue weighted by molar-refractivity contribution is 5.13. The van der Waals surface area contributed by atoms with Crippen molar-refractivity contribution in [2.45, 2.75) is 37.8 Å². The van der Waals surface area contributed by atoms with E-state index < -0.39 is 5.60 Å². The summed E-state index contributed by atoms with van der Waals surface area (Å²) >= 11 is 0. The Kier molecular flexibility index (Phi) is 5.34. The second kappa shape index (κ2) is 7.01. The van der Waals surface area contributed by atoms with Crippen LogP contribution in [0.4, 0.5) is 0 Å². The van der Waals surface area contributed by atoms with Crippen LogP contribution in [0.5, 0.6) is 0 Å². The molecule has 106 valence electrons. The Morgan fingerprint density at radius 2 is 2.16 bits per heavy atom. The first-order chi connectivity index (χ1) is 9.28. The summed E-state index contributed by atoms with van der Waals surface area (Å²) < 4.78 is 16.8. The van der Waals surface area contributed by atoms with Crippen LogP contribution >= 0.6 is 0 Å². The van der Waals surface area contributed by atoms with E-state index in [1.807, 2.05) is 30.3 Å². The minimum absolute atomic E-state index is 0.102. The van der Waals surface area contributed by atoms with Gasteiger partial charge in [-0.3, -0.25) is 0 Å². The van der Waals surface area contributed by atoms with Crippen LogP contribution < -0.4 is 0 Å². The first-order valence-corrected chi connectivity index (χ1v) is 6.71. The van der Waals surface area contributed by atoms with Crippen molar-refractivity contribution >= 4 is 0 Å². The Bertz CT molecular complexity index is 368. The summed E-state index contributed by atoms with van der Waals surface area (Å²) in [6.45, 7) is 1.16. The summed E-state index contributed by atoms with van der Waals surface area (Å²) in [6.07, 6.45) is 2.13. The third-order valence-corrected chi connectivity index (χ3v) is 3.52. The Morgan fingerprint density at radius 1 is 1.37 bits per heavy atom. The molecule has 1 saturated heterocycles. The molecule has 1 aliphatic heterocycles. The molecule has 4 nitrogen and oxygen atoms in total. The molecule has 0 saturated carbocycles. The number of ether oxygens (including phenoxy) is 3. The Balaban J connectivity index is 1.84. The van der Waals surface area contributed by atoms with Crippen molar-refractivity contribution in [3.05, 3.63) is 35.9 Å². The molecule has 0 spiro atoms. The monoisotopic (exact) mass is 266 g/mol. The van der Waals surface area contributed by atoms with Gasteiger partial charge in [0.2, 0.25) is 0 Å². The zero-order valence-corrected chi connectivity index (χ0v) is 11.4. The lowest BCUT2D eigenvalue weighted by Crippen LogP contribution is -2.36. The van der Waals surface area contributed by atoms with Crippen LogP contribution in [0, 0.1) is 0 Å². The van der Waals surface area contributed by atoms with Crippen LogP contribution in [0.25, 0.3) is 0 Å².